The predicted octanol–water partition coefficient (Wildman–Crippen LogP) is 1.67. The number of rotatable bonds is 1. The summed E-state index contributed by atoms with van der Waals surface area (Å²) in [7, 11) is 0. The molecule has 0 saturated heterocycles. The Balaban J connectivity index is 0.000000148. The highest BCUT2D eigenvalue weighted by Crippen LogP contribution is 2.28. The maximum atomic E-state index is 9.00. The third-order valence-electron chi connectivity index (χ3n) is 0.955. The van der Waals surface area contributed by atoms with Gasteiger partial charge in [0.1, 0.15) is 0 Å². The Morgan fingerprint density at radius 2 is 2.11 bits per heavy atom. The highest BCUT2D eigenvalue weighted by Gasteiger charge is 2.15. The Labute approximate surface area is 55.2 Å². The fourth-order valence-electron chi connectivity index (χ4n) is 0.332. The summed E-state index contributed by atoms with van der Waals surface area (Å²) < 4.78 is 0. The zero-order valence-corrected chi connectivity index (χ0v) is 5.63. The van der Waals surface area contributed by atoms with Crippen molar-refractivity contribution in [1.29, 1.82) is 0 Å². The molecular formula is C7H12O2. The molecule has 0 radical (unpaired) electrons. The summed E-state index contributed by atoms with van der Waals surface area (Å²) in [4.78, 5) is 9.00. The van der Waals surface area contributed by atoms with Gasteiger partial charge in [-0.05, 0) is 18.8 Å². The number of carboxylic acids is 1. The zero-order chi connectivity index (χ0) is 7.28. The lowest BCUT2D eigenvalue weighted by Gasteiger charge is -1.63. The second kappa shape index (κ2) is 4.13. The number of carbonyl (C=O) groups is 1. The highest BCUT2D eigenvalue weighted by molar-refractivity contribution is 5.62. The van der Waals surface area contributed by atoms with E-state index < -0.39 is 5.97 Å². The van der Waals surface area contributed by atoms with Gasteiger partial charge in [0.05, 0.1) is 0 Å². The molecule has 52 valence electrons. The molecule has 2 heteroatoms. The normalized spacial score (nSPS) is 15.2. The topological polar surface area (TPSA) is 37.3 Å². The van der Waals surface area contributed by atoms with Gasteiger partial charge in [0.15, 0.2) is 0 Å². The fraction of sp³-hybridized carbons (Fsp3) is 0.571. The molecule has 0 atom stereocenters. The highest BCUT2D eigenvalue weighted by atomic mass is 16.4. The van der Waals surface area contributed by atoms with Crippen LogP contribution >= 0.6 is 0 Å². The van der Waals surface area contributed by atoms with Crippen molar-refractivity contribution in [2.24, 2.45) is 5.92 Å². The van der Waals surface area contributed by atoms with Crippen molar-refractivity contribution in [2.75, 3.05) is 0 Å². The van der Waals surface area contributed by atoms with Crippen LogP contribution in [0.15, 0.2) is 12.7 Å². The minimum Gasteiger partial charge on any atom is -0.481 e. The summed E-state index contributed by atoms with van der Waals surface area (Å²) in [5.41, 5.74) is 0. The van der Waals surface area contributed by atoms with Crippen molar-refractivity contribution >= 4 is 5.97 Å². The Morgan fingerprint density at radius 3 is 2.11 bits per heavy atom. The Hall–Kier alpha value is -0.790. The molecule has 0 heterocycles. The van der Waals surface area contributed by atoms with Crippen molar-refractivity contribution in [1.82, 2.24) is 0 Å². The molecule has 0 aliphatic heterocycles. The largest absolute Gasteiger partial charge is 0.481 e. The van der Waals surface area contributed by atoms with Crippen LogP contribution in [0, 0.1) is 5.92 Å². The van der Waals surface area contributed by atoms with E-state index in [9.17, 15) is 0 Å². The van der Waals surface area contributed by atoms with E-state index in [4.69, 9.17) is 9.90 Å². The minimum atomic E-state index is -0.833. The van der Waals surface area contributed by atoms with Crippen LogP contribution in [-0.4, -0.2) is 11.1 Å². The quantitative estimate of drug-likeness (QED) is 0.545. The molecule has 1 aliphatic carbocycles. The Kier molecular flexibility index (Phi) is 3.76. The second-order valence-corrected chi connectivity index (χ2v) is 2.09. The van der Waals surface area contributed by atoms with Gasteiger partial charge in [-0.2, -0.15) is 0 Å². The molecular weight excluding hydrogens is 116 g/mol. The third-order valence-corrected chi connectivity index (χ3v) is 0.955. The molecule has 1 N–H and O–H groups in total. The molecule has 0 aromatic rings. The molecule has 1 aliphatic rings. The smallest absolute Gasteiger partial charge is 0.300 e. The minimum absolute atomic E-state index is 0.833. The van der Waals surface area contributed by atoms with Gasteiger partial charge in [-0.25, -0.2) is 0 Å². The summed E-state index contributed by atoms with van der Waals surface area (Å²) in [6.07, 6.45) is 4.81. The van der Waals surface area contributed by atoms with Crippen molar-refractivity contribution in [3.8, 4) is 0 Å². The molecule has 0 aromatic carbocycles. The van der Waals surface area contributed by atoms with E-state index >= 15 is 0 Å². The first kappa shape index (κ1) is 8.21. The number of hydrogen-bond acceptors (Lipinski definition) is 1. The number of aliphatic carboxylic acids is 1. The van der Waals surface area contributed by atoms with Gasteiger partial charge in [-0.1, -0.05) is 6.08 Å². The average Bonchev–Trinajstić information content (AvgIpc) is 2.43. The molecule has 0 unspecified atom stereocenters. The lowest BCUT2D eigenvalue weighted by atomic mass is 10.4. The number of hydrogen-bond donors (Lipinski definition) is 1. The number of allylic oxidation sites excluding steroid dienone is 1. The summed E-state index contributed by atoms with van der Waals surface area (Å²) in [6, 6.07) is 0. The maximum Gasteiger partial charge on any atom is 0.300 e. The van der Waals surface area contributed by atoms with Gasteiger partial charge in [-0.3, -0.25) is 4.79 Å². The summed E-state index contributed by atoms with van der Waals surface area (Å²) in [5, 5.41) is 7.42. The first-order valence-corrected chi connectivity index (χ1v) is 2.99. The van der Waals surface area contributed by atoms with Crippen LogP contribution in [0.25, 0.3) is 0 Å². The van der Waals surface area contributed by atoms with Crippen molar-refractivity contribution in [3.63, 3.8) is 0 Å². The first-order valence-electron chi connectivity index (χ1n) is 2.99. The van der Waals surface area contributed by atoms with Gasteiger partial charge < -0.3 is 5.11 Å². The SMILES string of the molecule is C=CC1CC1.CC(=O)O. The average molecular weight is 128 g/mol. The van der Waals surface area contributed by atoms with E-state index in [0.717, 1.165) is 12.8 Å². The molecule has 0 bridgehead atoms. The zero-order valence-electron chi connectivity index (χ0n) is 5.63. The molecule has 1 fully saturated rings. The van der Waals surface area contributed by atoms with E-state index in [-0.39, 0.29) is 0 Å². The van der Waals surface area contributed by atoms with Gasteiger partial charge in [-0.15, -0.1) is 6.58 Å². The van der Waals surface area contributed by atoms with Crippen molar-refractivity contribution in [2.45, 2.75) is 19.8 Å². The van der Waals surface area contributed by atoms with E-state index in [0.29, 0.717) is 0 Å². The maximum absolute atomic E-state index is 9.00. The molecule has 0 spiro atoms. The molecule has 2 nitrogen and oxygen atoms in total. The molecule has 1 saturated carbocycles. The van der Waals surface area contributed by atoms with E-state index in [1.165, 1.54) is 12.8 Å². The Morgan fingerprint density at radius 1 is 1.78 bits per heavy atom. The van der Waals surface area contributed by atoms with Crippen LogP contribution in [0.1, 0.15) is 19.8 Å². The summed E-state index contributed by atoms with van der Waals surface area (Å²) in [5.74, 6) is 0.0648. The van der Waals surface area contributed by atoms with Crippen molar-refractivity contribution in [3.05, 3.63) is 12.7 Å². The molecule has 9 heavy (non-hydrogen) atoms. The number of carboxylic acid groups (broad SMARTS) is 1. The van der Waals surface area contributed by atoms with E-state index in [1.54, 1.807) is 0 Å². The van der Waals surface area contributed by atoms with E-state index in [2.05, 4.69) is 6.58 Å². The fourth-order valence-corrected chi connectivity index (χ4v) is 0.332. The van der Waals surface area contributed by atoms with Gasteiger partial charge in [0, 0.05) is 6.92 Å². The molecule has 0 aromatic heterocycles. The third kappa shape index (κ3) is 11.0. The van der Waals surface area contributed by atoms with Crippen LogP contribution in [0.5, 0.6) is 0 Å². The standard InChI is InChI=1S/C5H8.C2H4O2/c1-2-5-3-4-5;1-2(3)4/h2,5H,1,3-4H2;1H3,(H,3,4). The molecule has 0 amide bonds. The van der Waals surface area contributed by atoms with Crippen LogP contribution in [0.2, 0.25) is 0 Å². The summed E-state index contributed by atoms with van der Waals surface area (Å²) >= 11 is 0. The summed E-state index contributed by atoms with van der Waals surface area (Å²) in [6.45, 7) is 4.71. The van der Waals surface area contributed by atoms with Crippen molar-refractivity contribution < 1.29 is 9.90 Å². The monoisotopic (exact) mass is 128 g/mol. The molecule has 1 rings (SSSR count). The van der Waals surface area contributed by atoms with Crippen LogP contribution in [0.3, 0.4) is 0 Å². The van der Waals surface area contributed by atoms with Crippen LogP contribution < -0.4 is 0 Å². The van der Waals surface area contributed by atoms with Gasteiger partial charge in [0.2, 0.25) is 0 Å². The predicted molar refractivity (Wildman–Crippen MR) is 36.2 cm³/mol. The van der Waals surface area contributed by atoms with Crippen LogP contribution in [0.4, 0.5) is 0 Å². The van der Waals surface area contributed by atoms with E-state index in [1.807, 2.05) is 6.08 Å². The van der Waals surface area contributed by atoms with Gasteiger partial charge in [0.25, 0.3) is 5.97 Å². The lowest BCUT2D eigenvalue weighted by molar-refractivity contribution is -0.134. The van der Waals surface area contributed by atoms with Crippen LogP contribution in [-0.2, 0) is 4.79 Å². The Bertz CT molecular complexity index is 99.5. The lowest BCUT2D eigenvalue weighted by Crippen LogP contribution is -1.78. The first-order chi connectivity index (χ1) is 4.16. The second-order valence-electron chi connectivity index (χ2n) is 2.09. The van der Waals surface area contributed by atoms with Gasteiger partial charge >= 0.3 is 0 Å².